The molecule has 88 valence electrons. The smallest absolute Gasteiger partial charge is 0.224 e. The van der Waals surface area contributed by atoms with E-state index in [1.807, 2.05) is 0 Å². The quantitative estimate of drug-likeness (QED) is 0.623. The molecule has 0 saturated carbocycles. The lowest BCUT2D eigenvalue weighted by molar-refractivity contribution is -0.116. The van der Waals surface area contributed by atoms with Crippen LogP contribution in [0.2, 0.25) is 0 Å². The van der Waals surface area contributed by atoms with Gasteiger partial charge in [-0.2, -0.15) is 0 Å². The predicted molar refractivity (Wildman–Crippen MR) is 64.3 cm³/mol. The number of anilines is 1. The fourth-order valence-corrected chi connectivity index (χ4v) is 1.60. The maximum Gasteiger partial charge on any atom is 0.224 e. The molecule has 2 nitrogen and oxygen atoms in total. The van der Waals surface area contributed by atoms with Crippen molar-refractivity contribution < 1.29 is 9.18 Å². The normalized spacial score (nSPS) is 10.2. The highest BCUT2D eigenvalue weighted by Crippen LogP contribution is 2.13. The van der Waals surface area contributed by atoms with Gasteiger partial charge in [-0.05, 0) is 43.5 Å². The summed E-state index contributed by atoms with van der Waals surface area (Å²) in [5.74, 6) is 0.123. The molecule has 1 aromatic rings. The van der Waals surface area contributed by atoms with Crippen LogP contribution in [0, 0.1) is 12.7 Å². The van der Waals surface area contributed by atoms with E-state index < -0.39 is 0 Å². The lowest BCUT2D eigenvalue weighted by Gasteiger charge is -2.06. The van der Waals surface area contributed by atoms with Crippen molar-refractivity contribution in [1.82, 2.24) is 0 Å². The van der Waals surface area contributed by atoms with E-state index in [-0.39, 0.29) is 11.7 Å². The van der Waals surface area contributed by atoms with Crippen molar-refractivity contribution >= 4 is 23.2 Å². The predicted octanol–water partition coefficient (Wildman–Crippen LogP) is 3.48. The molecule has 0 unspecified atom stereocenters. The second kappa shape index (κ2) is 6.48. The fraction of sp³-hybridized carbons (Fsp3) is 0.417. The molecule has 1 rings (SSSR count). The largest absolute Gasteiger partial charge is 0.326 e. The van der Waals surface area contributed by atoms with Gasteiger partial charge in [0.1, 0.15) is 5.82 Å². The first kappa shape index (κ1) is 13.0. The Bertz CT molecular complexity index is 348. The number of unbranched alkanes of at least 4 members (excludes halogenated alkanes) is 1. The first-order valence-corrected chi connectivity index (χ1v) is 5.78. The van der Waals surface area contributed by atoms with E-state index in [2.05, 4.69) is 5.32 Å². The Morgan fingerprint density at radius 1 is 1.38 bits per heavy atom. The van der Waals surface area contributed by atoms with E-state index in [1.165, 1.54) is 12.1 Å². The number of aryl methyl sites for hydroxylation is 1. The number of carbonyl (C=O) groups excluding carboxylic acids is 1. The molecule has 1 amide bonds. The third kappa shape index (κ3) is 4.62. The second-order valence-electron chi connectivity index (χ2n) is 3.71. The van der Waals surface area contributed by atoms with Gasteiger partial charge in [-0.25, -0.2) is 4.39 Å². The Balaban J connectivity index is 2.49. The molecule has 1 aromatic carbocycles. The molecule has 1 N–H and O–H groups in total. The molecule has 0 saturated heterocycles. The molecule has 0 atom stereocenters. The molecule has 0 aliphatic heterocycles. The van der Waals surface area contributed by atoms with Gasteiger partial charge in [0.05, 0.1) is 0 Å². The van der Waals surface area contributed by atoms with Gasteiger partial charge in [-0.15, -0.1) is 11.6 Å². The van der Waals surface area contributed by atoms with Crippen LogP contribution in [0.25, 0.3) is 0 Å². The summed E-state index contributed by atoms with van der Waals surface area (Å²) in [5.41, 5.74) is 1.30. The Kier molecular flexibility index (Phi) is 5.26. The summed E-state index contributed by atoms with van der Waals surface area (Å²) in [6.07, 6.45) is 1.99. The molecule has 0 bridgehead atoms. The van der Waals surface area contributed by atoms with Crippen LogP contribution in [0.4, 0.5) is 10.1 Å². The topological polar surface area (TPSA) is 29.1 Å². The fourth-order valence-electron chi connectivity index (χ4n) is 1.41. The summed E-state index contributed by atoms with van der Waals surface area (Å²) in [7, 11) is 0. The minimum absolute atomic E-state index is 0.102. The highest BCUT2D eigenvalue weighted by atomic mass is 35.5. The molecule has 0 aromatic heterocycles. The van der Waals surface area contributed by atoms with Crippen LogP contribution in [0.3, 0.4) is 0 Å². The van der Waals surface area contributed by atoms with Crippen LogP contribution in [0.15, 0.2) is 18.2 Å². The third-order valence-electron chi connectivity index (χ3n) is 2.11. The van der Waals surface area contributed by atoms with Crippen LogP contribution < -0.4 is 5.32 Å². The van der Waals surface area contributed by atoms with Crippen molar-refractivity contribution in [1.29, 1.82) is 0 Å². The van der Waals surface area contributed by atoms with E-state index >= 15 is 0 Å². The molecule has 0 aliphatic rings. The summed E-state index contributed by atoms with van der Waals surface area (Å²) >= 11 is 5.51. The summed E-state index contributed by atoms with van der Waals surface area (Å²) in [5, 5.41) is 2.66. The van der Waals surface area contributed by atoms with Gasteiger partial charge in [0.25, 0.3) is 0 Å². The zero-order valence-electron chi connectivity index (χ0n) is 9.22. The molecule has 16 heavy (non-hydrogen) atoms. The number of rotatable bonds is 5. The van der Waals surface area contributed by atoms with Crippen LogP contribution in [0.5, 0.6) is 0 Å². The average molecular weight is 244 g/mol. The Morgan fingerprint density at radius 3 is 2.75 bits per heavy atom. The van der Waals surface area contributed by atoms with Crippen LogP contribution >= 0.6 is 11.6 Å². The molecule has 0 fully saturated rings. The molecular weight excluding hydrogens is 229 g/mol. The zero-order valence-corrected chi connectivity index (χ0v) is 9.98. The van der Waals surface area contributed by atoms with Crippen molar-refractivity contribution in [3.63, 3.8) is 0 Å². The van der Waals surface area contributed by atoms with Gasteiger partial charge in [0.2, 0.25) is 5.91 Å². The van der Waals surface area contributed by atoms with E-state index in [0.29, 0.717) is 18.0 Å². The summed E-state index contributed by atoms with van der Waals surface area (Å²) < 4.78 is 13.0. The maximum absolute atomic E-state index is 13.0. The van der Waals surface area contributed by atoms with E-state index in [9.17, 15) is 9.18 Å². The highest BCUT2D eigenvalue weighted by Gasteiger charge is 2.03. The van der Waals surface area contributed by atoms with E-state index in [4.69, 9.17) is 11.6 Å². The molecular formula is C12H15ClFNO. The van der Waals surface area contributed by atoms with Gasteiger partial charge in [0, 0.05) is 18.0 Å². The number of hydrogen-bond acceptors (Lipinski definition) is 1. The Morgan fingerprint density at radius 2 is 2.12 bits per heavy atom. The molecule has 0 heterocycles. The lowest BCUT2D eigenvalue weighted by Crippen LogP contribution is -2.11. The maximum atomic E-state index is 13.0. The van der Waals surface area contributed by atoms with Gasteiger partial charge in [-0.3, -0.25) is 4.79 Å². The monoisotopic (exact) mass is 243 g/mol. The van der Waals surface area contributed by atoms with Gasteiger partial charge in [-0.1, -0.05) is 0 Å². The SMILES string of the molecule is Cc1cc(F)cc(NC(=O)CCCCCl)c1. The number of benzene rings is 1. The zero-order chi connectivity index (χ0) is 12.0. The van der Waals surface area contributed by atoms with Gasteiger partial charge in [0.15, 0.2) is 0 Å². The minimum Gasteiger partial charge on any atom is -0.326 e. The van der Waals surface area contributed by atoms with Crippen molar-refractivity contribution in [3.05, 3.63) is 29.6 Å². The second-order valence-corrected chi connectivity index (χ2v) is 4.09. The first-order valence-electron chi connectivity index (χ1n) is 5.25. The number of alkyl halides is 1. The van der Waals surface area contributed by atoms with Gasteiger partial charge < -0.3 is 5.32 Å². The van der Waals surface area contributed by atoms with Crippen molar-refractivity contribution in [2.75, 3.05) is 11.2 Å². The van der Waals surface area contributed by atoms with Crippen LogP contribution in [-0.2, 0) is 4.79 Å². The number of amides is 1. The van der Waals surface area contributed by atoms with E-state index in [1.54, 1.807) is 13.0 Å². The summed E-state index contributed by atoms with van der Waals surface area (Å²) in [6, 6.07) is 4.47. The minimum atomic E-state index is -0.337. The standard InChI is InChI=1S/C12H15ClFNO/c1-9-6-10(14)8-11(7-9)15-12(16)4-2-3-5-13/h6-8H,2-5H2,1H3,(H,15,16). The summed E-state index contributed by atoms with van der Waals surface area (Å²) in [6.45, 7) is 1.78. The Labute approximate surface area is 99.8 Å². The van der Waals surface area contributed by atoms with Crippen molar-refractivity contribution in [2.45, 2.75) is 26.2 Å². The first-order chi connectivity index (χ1) is 7.61. The average Bonchev–Trinajstić information content (AvgIpc) is 2.16. The van der Waals surface area contributed by atoms with Crippen LogP contribution in [-0.4, -0.2) is 11.8 Å². The van der Waals surface area contributed by atoms with E-state index in [0.717, 1.165) is 18.4 Å². The molecule has 4 heteroatoms. The number of halogens is 2. The highest BCUT2D eigenvalue weighted by molar-refractivity contribution is 6.17. The molecule has 0 radical (unpaired) electrons. The van der Waals surface area contributed by atoms with Crippen molar-refractivity contribution in [2.24, 2.45) is 0 Å². The third-order valence-corrected chi connectivity index (χ3v) is 2.38. The number of nitrogens with one attached hydrogen (secondary N) is 1. The lowest BCUT2D eigenvalue weighted by atomic mass is 10.2. The van der Waals surface area contributed by atoms with Gasteiger partial charge >= 0.3 is 0 Å². The van der Waals surface area contributed by atoms with Crippen molar-refractivity contribution in [3.8, 4) is 0 Å². The summed E-state index contributed by atoms with van der Waals surface area (Å²) in [4.78, 5) is 11.4. The number of carbonyl (C=O) groups is 1. The molecule has 0 spiro atoms. The number of hydrogen-bond donors (Lipinski definition) is 1. The Hall–Kier alpha value is -1.09. The molecule has 0 aliphatic carbocycles. The van der Waals surface area contributed by atoms with Crippen LogP contribution in [0.1, 0.15) is 24.8 Å².